The second-order valence-corrected chi connectivity index (χ2v) is 9.37. The Bertz CT molecular complexity index is 816. The quantitative estimate of drug-likeness (QED) is 0.0433. The van der Waals surface area contributed by atoms with Crippen LogP contribution < -0.4 is 0 Å². The number of fused-ring (bicyclic) bond motifs is 1. The predicted octanol–water partition coefficient (Wildman–Crippen LogP) is -0.525. The van der Waals surface area contributed by atoms with Crippen LogP contribution in [0.3, 0.4) is 0 Å². The van der Waals surface area contributed by atoms with Crippen LogP contribution in [0, 0.1) is 182 Å². The molecule has 3 rings (SSSR count). The van der Waals surface area contributed by atoms with Crippen LogP contribution in [0.25, 0.3) is 10.4 Å². The van der Waals surface area contributed by atoms with Crippen molar-refractivity contribution in [2.75, 3.05) is 13.2 Å². The van der Waals surface area contributed by atoms with Gasteiger partial charge in [-0.3, -0.25) is 5.41 Å². The van der Waals surface area contributed by atoms with Gasteiger partial charge in [0.05, 0.1) is 13.2 Å². The molecule has 3 fully saturated rings. The van der Waals surface area contributed by atoms with Crippen LogP contribution in [0.5, 0.6) is 0 Å². The minimum absolute atomic E-state index is 0. The number of hydrogen-bond donors (Lipinski definition) is 5. The molecule has 7 unspecified atom stereocenters. The summed E-state index contributed by atoms with van der Waals surface area (Å²) in [6.45, 7) is -1.42. The summed E-state index contributed by atoms with van der Waals surface area (Å²) in [4.78, 5) is 14.1. The second-order valence-electron chi connectivity index (χ2n) is 7.09. The number of halogens is 3. The zero-order valence-corrected chi connectivity index (χ0v) is 39.9. The van der Waals surface area contributed by atoms with E-state index in [1.807, 2.05) is 0 Å². The first kappa shape index (κ1) is 43.5. The monoisotopic (exact) mass is 1440 g/mol. The molecule has 5 N–H and O–H groups in total. The van der Waals surface area contributed by atoms with E-state index in [0.717, 1.165) is 0 Å². The normalized spacial score (nSPS) is 36.4. The average Bonchev–Trinajstić information content (AvgIpc) is 3.15. The largest absolute Gasteiger partial charge is 0.509 e. The molecule has 37 heavy (non-hydrogen) atoms. The molecular weight excluding hydrogens is 1430 g/mol. The minimum atomic E-state index is -2.32. The van der Waals surface area contributed by atoms with Crippen molar-refractivity contribution < 1.29 is 230 Å². The fourth-order valence-corrected chi connectivity index (χ4v) is 3.64. The third-order valence-electron chi connectivity index (χ3n) is 5.05. The Hall–Kier alpha value is 4.41. The van der Waals surface area contributed by atoms with Gasteiger partial charge in [0.1, 0.15) is 36.6 Å². The standard InChI is InChI=1S/C15H19Cl3N4O11.4Ac/c16-15(17,18)13(19)33-11-5(21-22-20)9(6(25)3(1-23)28-11)30-12-7(26)10-8(4(2-24)29-12)31-14(27)32-10;;;;/h3-12,19,23-26H,1-2H2;;;;/t3?,4?,5?,6?,7?,8?,9-,10-,11?,12+;;;;/m1..../s1. The minimum Gasteiger partial charge on any atom is -0.448 e. The van der Waals surface area contributed by atoms with Gasteiger partial charge >= 0.3 is 6.16 Å². The van der Waals surface area contributed by atoms with E-state index < -0.39 is 90.4 Å². The number of rotatable bonds is 6. The van der Waals surface area contributed by atoms with Gasteiger partial charge < -0.3 is 48.8 Å². The Morgan fingerprint density at radius 1 is 1.00 bits per heavy atom. The Morgan fingerprint density at radius 2 is 1.54 bits per heavy atom. The number of azide groups is 1. The van der Waals surface area contributed by atoms with Gasteiger partial charge in [0.25, 0.3) is 3.79 Å². The molecule has 198 valence electrons. The molecule has 10 atom stereocenters. The Balaban J connectivity index is 0. The van der Waals surface area contributed by atoms with Crippen molar-refractivity contribution in [1.29, 1.82) is 5.41 Å². The number of aliphatic hydroxyl groups is 4. The molecule has 0 amide bonds. The molecule has 0 spiro atoms. The summed E-state index contributed by atoms with van der Waals surface area (Å²) in [5, 5.41) is 51.5. The number of alkyl halides is 3. The zero-order valence-electron chi connectivity index (χ0n) is 18.6. The smallest absolute Gasteiger partial charge is 0.448 e. The van der Waals surface area contributed by atoms with E-state index in [2.05, 4.69) is 10.0 Å². The van der Waals surface area contributed by atoms with Gasteiger partial charge in [-0.15, -0.1) is 0 Å². The van der Waals surface area contributed by atoms with E-state index in [9.17, 15) is 25.2 Å². The molecule has 22 heteroatoms. The van der Waals surface area contributed by atoms with E-state index in [4.69, 9.17) is 74.2 Å². The van der Waals surface area contributed by atoms with Gasteiger partial charge in [-0.25, -0.2) is 4.79 Å². The van der Waals surface area contributed by atoms with E-state index >= 15 is 0 Å². The molecule has 0 aromatic rings. The SMILES string of the molecule is [Ac].[Ac].[Ac].[Ac].[N-]=[N+]=NC1C(OC(=N)C(Cl)(Cl)Cl)OC(CO)C(O)[C@@H]1O[C@@H]1OC(CO)C2OC(=O)O[C@@H]2C1O. The number of carbonyl (C=O) groups is 1. The van der Waals surface area contributed by atoms with Gasteiger partial charge in [0.15, 0.2) is 18.5 Å². The number of carbonyl (C=O) groups excluding carboxylic acids is 1. The van der Waals surface area contributed by atoms with Crippen LogP contribution in [0.2, 0.25) is 0 Å². The number of nitrogens with zero attached hydrogens (tertiary/aromatic N) is 3. The van der Waals surface area contributed by atoms with Crippen LogP contribution in [-0.4, -0.2) is 111 Å². The number of nitrogens with one attached hydrogen (secondary N) is 1. The first-order valence-electron chi connectivity index (χ1n) is 9.29. The molecule has 4 radical (unpaired) electrons. The maximum Gasteiger partial charge on any atom is 0.509 e. The van der Waals surface area contributed by atoms with Crippen molar-refractivity contribution in [1.82, 2.24) is 0 Å². The molecule has 0 aliphatic carbocycles. The van der Waals surface area contributed by atoms with Crippen molar-refractivity contribution in [2.45, 2.75) is 65.1 Å². The van der Waals surface area contributed by atoms with Crippen LogP contribution in [0.4, 0.5) is 4.79 Å². The fourth-order valence-electron chi connectivity index (χ4n) is 3.51. The summed E-state index contributed by atoms with van der Waals surface area (Å²) in [6.07, 6.45) is -14.3. The molecule has 0 aromatic heterocycles. The van der Waals surface area contributed by atoms with E-state index in [0.29, 0.717) is 0 Å². The second kappa shape index (κ2) is 19.7. The van der Waals surface area contributed by atoms with Gasteiger partial charge in [-0.05, 0) is 5.53 Å². The van der Waals surface area contributed by atoms with Gasteiger partial charge in [0.2, 0.25) is 12.2 Å². The molecule has 0 aromatic carbocycles. The molecule has 0 saturated carbocycles. The van der Waals surface area contributed by atoms with Crippen molar-refractivity contribution in [3.63, 3.8) is 0 Å². The van der Waals surface area contributed by atoms with Crippen LogP contribution in [0.15, 0.2) is 5.11 Å². The first-order chi connectivity index (χ1) is 15.5. The van der Waals surface area contributed by atoms with Crippen molar-refractivity contribution in [2.24, 2.45) is 5.11 Å². The number of ether oxygens (including phenoxy) is 6. The van der Waals surface area contributed by atoms with Gasteiger partial charge in [-0.1, -0.05) is 39.9 Å². The number of hydrogen-bond acceptors (Lipinski definition) is 13. The number of aliphatic hydroxyl groups excluding tert-OH is 4. The zero-order chi connectivity index (χ0) is 24.5. The average molecular weight is 1450 g/mol. The van der Waals surface area contributed by atoms with Crippen LogP contribution in [-0.2, 0) is 28.4 Å². The molecule has 15 nitrogen and oxygen atoms in total. The first-order valence-corrected chi connectivity index (χ1v) is 10.4. The van der Waals surface area contributed by atoms with Crippen molar-refractivity contribution >= 4 is 46.9 Å². The molecule has 3 aliphatic heterocycles. The van der Waals surface area contributed by atoms with Gasteiger partial charge in [0, 0.05) is 181 Å². The Kier molecular flexibility index (Phi) is 23.2. The molecular formula is C15H19Ac4Cl3N4O11. The summed E-state index contributed by atoms with van der Waals surface area (Å²) < 4.78 is 29.0. The van der Waals surface area contributed by atoms with Gasteiger partial charge in [-0.2, -0.15) is 0 Å². The maximum absolute atomic E-state index is 11.5. The summed E-state index contributed by atoms with van der Waals surface area (Å²) in [6, 6.07) is -1.55. The Morgan fingerprint density at radius 3 is 2.05 bits per heavy atom. The van der Waals surface area contributed by atoms with E-state index in [-0.39, 0.29) is 176 Å². The van der Waals surface area contributed by atoms with E-state index in [1.54, 1.807) is 0 Å². The maximum atomic E-state index is 11.5. The molecule has 0 bridgehead atoms. The van der Waals surface area contributed by atoms with Crippen LogP contribution in [0.1, 0.15) is 0 Å². The summed E-state index contributed by atoms with van der Waals surface area (Å²) >= 11 is 16.8. The third kappa shape index (κ3) is 11.1. The fraction of sp³-hybridized carbons (Fsp3) is 0.867. The van der Waals surface area contributed by atoms with Crippen LogP contribution >= 0.6 is 34.8 Å². The van der Waals surface area contributed by atoms with Crippen molar-refractivity contribution in [3.05, 3.63) is 10.4 Å². The topological polar surface area (TPSA) is 226 Å². The Labute approximate surface area is 368 Å². The van der Waals surface area contributed by atoms with E-state index in [1.165, 1.54) is 0 Å². The predicted molar refractivity (Wildman–Crippen MR) is 106 cm³/mol. The summed E-state index contributed by atoms with van der Waals surface area (Å²) in [5.74, 6) is -0.922. The molecule has 3 saturated heterocycles. The summed E-state index contributed by atoms with van der Waals surface area (Å²) in [5.41, 5.74) is 8.99. The third-order valence-corrected chi connectivity index (χ3v) is 5.56. The molecule has 3 heterocycles. The van der Waals surface area contributed by atoms with Crippen molar-refractivity contribution in [3.8, 4) is 0 Å². The molecule has 3 aliphatic rings. The summed E-state index contributed by atoms with van der Waals surface area (Å²) in [7, 11) is 0.